The average molecular weight is 413 g/mol. The van der Waals surface area contributed by atoms with Gasteiger partial charge in [-0.3, -0.25) is 9.59 Å². The van der Waals surface area contributed by atoms with E-state index in [4.69, 9.17) is 9.84 Å². The number of anilines is 1. The molecular weight excluding hydrogens is 386 g/mol. The fourth-order valence-corrected chi connectivity index (χ4v) is 2.63. The normalized spacial score (nSPS) is 10.1. The van der Waals surface area contributed by atoms with Crippen molar-refractivity contribution in [2.75, 3.05) is 25.0 Å². The summed E-state index contributed by atoms with van der Waals surface area (Å²) in [5, 5.41) is 17.3. The van der Waals surface area contributed by atoms with E-state index in [-0.39, 0.29) is 18.9 Å². The molecule has 0 heterocycles. The van der Waals surface area contributed by atoms with Crippen LogP contribution in [0.2, 0.25) is 0 Å². The van der Waals surface area contributed by atoms with Crippen molar-refractivity contribution < 1.29 is 24.2 Å². The predicted octanol–water partition coefficient (Wildman–Crippen LogP) is 2.55. The summed E-state index contributed by atoms with van der Waals surface area (Å²) in [6, 6.07) is 16.5. The first-order chi connectivity index (χ1) is 14.5. The summed E-state index contributed by atoms with van der Waals surface area (Å²) in [5.41, 5.74) is 2.51. The van der Waals surface area contributed by atoms with Crippen LogP contribution in [0.4, 0.5) is 10.5 Å². The SMILES string of the molecule is O=C(O)Cc1ccc(NCCNC(=O)CCCNC(=O)OCc2ccccc2)cc1. The Morgan fingerprint density at radius 3 is 2.27 bits per heavy atom. The van der Waals surface area contributed by atoms with Crippen molar-refractivity contribution >= 4 is 23.7 Å². The highest BCUT2D eigenvalue weighted by Gasteiger charge is 2.04. The minimum Gasteiger partial charge on any atom is -0.481 e. The van der Waals surface area contributed by atoms with Gasteiger partial charge in [0.05, 0.1) is 6.42 Å². The fourth-order valence-electron chi connectivity index (χ4n) is 2.63. The minimum absolute atomic E-state index is 0.00402. The number of amides is 2. The Labute approximate surface area is 175 Å². The number of ether oxygens (including phenoxy) is 1. The van der Waals surface area contributed by atoms with Crippen LogP contribution in [0.5, 0.6) is 0 Å². The number of carboxylic acids is 1. The zero-order chi connectivity index (χ0) is 21.6. The van der Waals surface area contributed by atoms with Crippen molar-refractivity contribution in [1.82, 2.24) is 10.6 Å². The van der Waals surface area contributed by atoms with Crippen LogP contribution in [-0.4, -0.2) is 42.7 Å². The minimum atomic E-state index is -0.863. The van der Waals surface area contributed by atoms with Crippen LogP contribution in [0.25, 0.3) is 0 Å². The maximum Gasteiger partial charge on any atom is 0.407 e. The van der Waals surface area contributed by atoms with E-state index in [1.165, 1.54) is 0 Å². The van der Waals surface area contributed by atoms with Crippen LogP contribution < -0.4 is 16.0 Å². The van der Waals surface area contributed by atoms with Gasteiger partial charge in [-0.2, -0.15) is 0 Å². The molecule has 0 aliphatic rings. The van der Waals surface area contributed by atoms with Gasteiger partial charge in [0, 0.05) is 31.7 Å². The van der Waals surface area contributed by atoms with E-state index in [2.05, 4.69) is 16.0 Å². The number of alkyl carbamates (subject to hydrolysis) is 1. The summed E-state index contributed by atoms with van der Waals surface area (Å²) in [7, 11) is 0. The third kappa shape index (κ3) is 9.59. The predicted molar refractivity (Wildman–Crippen MR) is 113 cm³/mol. The highest BCUT2D eigenvalue weighted by Crippen LogP contribution is 2.09. The largest absolute Gasteiger partial charge is 0.481 e. The molecule has 0 aromatic heterocycles. The molecule has 0 bridgehead atoms. The molecule has 8 heteroatoms. The number of hydrogen-bond donors (Lipinski definition) is 4. The number of carbonyl (C=O) groups is 3. The third-order valence-corrected chi connectivity index (χ3v) is 4.15. The Bertz CT molecular complexity index is 809. The van der Waals surface area contributed by atoms with Gasteiger partial charge in [0.1, 0.15) is 6.61 Å². The van der Waals surface area contributed by atoms with Crippen LogP contribution in [0, 0.1) is 0 Å². The smallest absolute Gasteiger partial charge is 0.407 e. The van der Waals surface area contributed by atoms with Crippen LogP contribution in [0.3, 0.4) is 0 Å². The van der Waals surface area contributed by atoms with Gasteiger partial charge >= 0.3 is 12.1 Å². The lowest BCUT2D eigenvalue weighted by Gasteiger charge is -2.09. The van der Waals surface area contributed by atoms with E-state index in [0.717, 1.165) is 16.8 Å². The van der Waals surface area contributed by atoms with Crippen molar-refractivity contribution in [3.05, 3.63) is 65.7 Å². The molecular formula is C22H27N3O5. The molecule has 160 valence electrons. The fraction of sp³-hybridized carbons (Fsp3) is 0.318. The van der Waals surface area contributed by atoms with E-state index >= 15 is 0 Å². The van der Waals surface area contributed by atoms with Gasteiger partial charge < -0.3 is 25.8 Å². The summed E-state index contributed by atoms with van der Waals surface area (Å²) >= 11 is 0. The number of rotatable bonds is 12. The van der Waals surface area contributed by atoms with E-state index in [1.54, 1.807) is 12.1 Å². The number of carboxylic acid groups (broad SMARTS) is 1. The van der Waals surface area contributed by atoms with E-state index in [1.807, 2.05) is 42.5 Å². The second-order valence-electron chi connectivity index (χ2n) is 6.64. The summed E-state index contributed by atoms with van der Waals surface area (Å²) in [5.74, 6) is -0.953. The molecule has 0 spiro atoms. The van der Waals surface area contributed by atoms with E-state index in [9.17, 15) is 14.4 Å². The van der Waals surface area contributed by atoms with Gasteiger partial charge in [-0.25, -0.2) is 4.79 Å². The van der Waals surface area contributed by atoms with Crippen LogP contribution in [0.1, 0.15) is 24.0 Å². The molecule has 2 aromatic rings. The Morgan fingerprint density at radius 1 is 0.833 bits per heavy atom. The maximum absolute atomic E-state index is 11.8. The number of nitrogens with one attached hydrogen (secondary N) is 3. The first-order valence-corrected chi connectivity index (χ1v) is 9.79. The van der Waals surface area contributed by atoms with Crippen molar-refractivity contribution in [3.63, 3.8) is 0 Å². The lowest BCUT2D eigenvalue weighted by atomic mass is 10.1. The molecule has 0 radical (unpaired) electrons. The second-order valence-corrected chi connectivity index (χ2v) is 6.64. The Balaban J connectivity index is 1.49. The molecule has 0 fully saturated rings. The Morgan fingerprint density at radius 2 is 1.57 bits per heavy atom. The topological polar surface area (TPSA) is 117 Å². The van der Waals surface area contributed by atoms with Crippen molar-refractivity contribution in [2.24, 2.45) is 0 Å². The second kappa shape index (κ2) is 12.8. The van der Waals surface area contributed by atoms with Gasteiger partial charge in [0.15, 0.2) is 0 Å². The van der Waals surface area contributed by atoms with Crippen LogP contribution >= 0.6 is 0 Å². The molecule has 0 atom stereocenters. The number of benzene rings is 2. The molecule has 0 aliphatic heterocycles. The van der Waals surface area contributed by atoms with Gasteiger partial charge in [-0.05, 0) is 29.7 Å². The van der Waals surface area contributed by atoms with Gasteiger partial charge in [0.25, 0.3) is 0 Å². The zero-order valence-corrected chi connectivity index (χ0v) is 16.7. The molecule has 4 N–H and O–H groups in total. The summed E-state index contributed by atoms with van der Waals surface area (Å²) < 4.78 is 5.09. The molecule has 2 rings (SSSR count). The van der Waals surface area contributed by atoms with Crippen molar-refractivity contribution in [1.29, 1.82) is 0 Å². The lowest BCUT2D eigenvalue weighted by molar-refractivity contribution is -0.136. The van der Waals surface area contributed by atoms with E-state index < -0.39 is 12.1 Å². The first kappa shape index (κ1) is 22.7. The molecule has 0 unspecified atom stereocenters. The van der Waals surface area contributed by atoms with Crippen molar-refractivity contribution in [2.45, 2.75) is 25.9 Å². The molecule has 0 saturated carbocycles. The zero-order valence-electron chi connectivity index (χ0n) is 16.7. The molecule has 2 amide bonds. The van der Waals surface area contributed by atoms with Gasteiger partial charge in [-0.1, -0.05) is 42.5 Å². The number of aliphatic carboxylic acids is 1. The monoisotopic (exact) mass is 413 g/mol. The quantitative estimate of drug-likeness (QED) is 0.397. The molecule has 0 aliphatic carbocycles. The highest BCUT2D eigenvalue weighted by atomic mass is 16.5. The lowest BCUT2D eigenvalue weighted by Crippen LogP contribution is -2.30. The average Bonchev–Trinajstić information content (AvgIpc) is 2.74. The Hall–Kier alpha value is -3.55. The van der Waals surface area contributed by atoms with Crippen LogP contribution in [-0.2, 0) is 27.4 Å². The third-order valence-electron chi connectivity index (χ3n) is 4.15. The van der Waals surface area contributed by atoms with Crippen molar-refractivity contribution in [3.8, 4) is 0 Å². The number of carbonyl (C=O) groups excluding carboxylic acids is 2. The van der Waals surface area contributed by atoms with E-state index in [0.29, 0.717) is 32.5 Å². The molecule has 30 heavy (non-hydrogen) atoms. The van der Waals surface area contributed by atoms with Gasteiger partial charge in [-0.15, -0.1) is 0 Å². The first-order valence-electron chi connectivity index (χ1n) is 9.79. The Kier molecular flexibility index (Phi) is 9.72. The molecule has 8 nitrogen and oxygen atoms in total. The highest BCUT2D eigenvalue weighted by molar-refractivity contribution is 5.76. The van der Waals surface area contributed by atoms with Gasteiger partial charge in [0.2, 0.25) is 5.91 Å². The maximum atomic E-state index is 11.8. The van der Waals surface area contributed by atoms with Crippen LogP contribution in [0.15, 0.2) is 54.6 Å². The number of hydrogen-bond acceptors (Lipinski definition) is 5. The summed E-state index contributed by atoms with van der Waals surface area (Å²) in [4.78, 5) is 34.1. The standard InChI is InChI=1S/C22H27N3O5/c26-20(7-4-12-25-22(29)30-16-18-5-2-1-3-6-18)24-14-13-23-19-10-8-17(9-11-19)15-21(27)28/h1-3,5-6,8-11,23H,4,7,12-16H2,(H,24,26)(H,25,29)(H,27,28). The molecule has 0 saturated heterocycles. The summed E-state index contributed by atoms with van der Waals surface area (Å²) in [6.45, 7) is 1.58. The molecule has 2 aromatic carbocycles. The summed E-state index contributed by atoms with van der Waals surface area (Å²) in [6.07, 6.45) is 0.321.